The first-order chi connectivity index (χ1) is 14.1. The van der Waals surface area contributed by atoms with Crippen LogP contribution in [0.2, 0.25) is 0 Å². The van der Waals surface area contributed by atoms with Crippen molar-refractivity contribution in [2.45, 2.75) is 50.7 Å². The third-order valence-electron chi connectivity index (χ3n) is 5.94. The Morgan fingerprint density at radius 1 is 1.07 bits per heavy atom. The van der Waals surface area contributed by atoms with Gasteiger partial charge in [0.05, 0.1) is 6.04 Å². The van der Waals surface area contributed by atoms with Gasteiger partial charge in [-0.25, -0.2) is 0 Å². The molecule has 1 aromatic heterocycles. The standard InChI is InChI=1S/C23H29N3O3/c1-25-13-6-11-19(25)20-10-3-2-4-14-26(20)23(28)17-8-5-9-18(16-17)24-22(27)21-12-7-15-29-21/h5-6,8-9,11,13,16,20-21H,2-4,7,10,12,14-15H2,1H3,(H,24,27). The molecule has 6 heteroatoms. The zero-order valence-corrected chi connectivity index (χ0v) is 17.0. The van der Waals surface area contributed by atoms with Crippen LogP contribution in [0, 0.1) is 0 Å². The Morgan fingerprint density at radius 3 is 2.72 bits per heavy atom. The van der Waals surface area contributed by atoms with Crippen molar-refractivity contribution in [3.63, 3.8) is 0 Å². The van der Waals surface area contributed by atoms with Gasteiger partial charge in [0.2, 0.25) is 0 Å². The van der Waals surface area contributed by atoms with Crippen LogP contribution >= 0.6 is 0 Å². The molecule has 3 heterocycles. The lowest BCUT2D eigenvalue weighted by molar-refractivity contribution is -0.124. The van der Waals surface area contributed by atoms with Crippen LogP contribution < -0.4 is 5.32 Å². The van der Waals surface area contributed by atoms with Crippen molar-refractivity contribution < 1.29 is 14.3 Å². The Labute approximate surface area is 171 Å². The van der Waals surface area contributed by atoms with Crippen LogP contribution in [-0.2, 0) is 16.6 Å². The van der Waals surface area contributed by atoms with Crippen LogP contribution in [0.5, 0.6) is 0 Å². The summed E-state index contributed by atoms with van der Waals surface area (Å²) in [5.41, 5.74) is 2.42. The zero-order valence-electron chi connectivity index (χ0n) is 17.0. The normalized spacial score (nSPS) is 22.3. The molecule has 2 amide bonds. The van der Waals surface area contributed by atoms with Crippen molar-refractivity contribution in [2.24, 2.45) is 7.05 Å². The molecule has 0 bridgehead atoms. The molecule has 0 saturated carbocycles. The second-order valence-electron chi connectivity index (χ2n) is 7.98. The highest BCUT2D eigenvalue weighted by Crippen LogP contribution is 2.31. The molecule has 2 atom stereocenters. The van der Waals surface area contributed by atoms with Crippen LogP contribution in [0.4, 0.5) is 5.69 Å². The fraction of sp³-hybridized carbons (Fsp3) is 0.478. The highest BCUT2D eigenvalue weighted by molar-refractivity contribution is 5.98. The molecule has 1 aromatic carbocycles. The minimum Gasteiger partial charge on any atom is -0.368 e. The summed E-state index contributed by atoms with van der Waals surface area (Å²) in [7, 11) is 2.03. The van der Waals surface area contributed by atoms with Gasteiger partial charge < -0.3 is 19.5 Å². The molecule has 2 unspecified atom stereocenters. The van der Waals surface area contributed by atoms with Crippen molar-refractivity contribution in [3.8, 4) is 0 Å². The first-order valence-corrected chi connectivity index (χ1v) is 10.6. The Hall–Kier alpha value is -2.60. The number of anilines is 1. The molecule has 2 aromatic rings. The van der Waals surface area contributed by atoms with E-state index < -0.39 is 0 Å². The minimum absolute atomic E-state index is 0.0197. The van der Waals surface area contributed by atoms with Gasteiger partial charge in [-0.15, -0.1) is 0 Å². The smallest absolute Gasteiger partial charge is 0.254 e. The minimum atomic E-state index is -0.387. The Balaban J connectivity index is 1.54. The highest BCUT2D eigenvalue weighted by Gasteiger charge is 2.29. The summed E-state index contributed by atoms with van der Waals surface area (Å²) >= 11 is 0. The van der Waals surface area contributed by atoms with E-state index in [0.29, 0.717) is 17.9 Å². The van der Waals surface area contributed by atoms with Gasteiger partial charge in [-0.05, 0) is 56.0 Å². The third kappa shape index (κ3) is 4.37. The Bertz CT molecular complexity index is 870. The number of ether oxygens (including phenoxy) is 1. The van der Waals surface area contributed by atoms with Gasteiger partial charge >= 0.3 is 0 Å². The van der Waals surface area contributed by atoms with Gasteiger partial charge in [-0.2, -0.15) is 0 Å². The topological polar surface area (TPSA) is 63.6 Å². The quantitative estimate of drug-likeness (QED) is 0.854. The number of carbonyl (C=O) groups is 2. The fourth-order valence-corrected chi connectivity index (χ4v) is 4.38. The largest absolute Gasteiger partial charge is 0.368 e. The molecule has 0 radical (unpaired) electrons. The Morgan fingerprint density at radius 2 is 1.97 bits per heavy atom. The maximum absolute atomic E-state index is 13.4. The van der Waals surface area contributed by atoms with E-state index in [0.717, 1.165) is 45.1 Å². The van der Waals surface area contributed by atoms with Crippen LogP contribution in [0.3, 0.4) is 0 Å². The second kappa shape index (κ2) is 8.82. The molecule has 0 aliphatic carbocycles. The maximum atomic E-state index is 13.4. The van der Waals surface area contributed by atoms with Crippen LogP contribution in [-0.4, -0.2) is 40.5 Å². The van der Waals surface area contributed by atoms with Gasteiger partial charge in [0.1, 0.15) is 6.10 Å². The van der Waals surface area contributed by atoms with Crippen LogP contribution in [0.15, 0.2) is 42.6 Å². The fourth-order valence-electron chi connectivity index (χ4n) is 4.38. The lowest BCUT2D eigenvalue weighted by Gasteiger charge is -2.31. The van der Waals surface area contributed by atoms with E-state index in [4.69, 9.17) is 4.74 Å². The summed E-state index contributed by atoms with van der Waals surface area (Å²) in [4.78, 5) is 27.8. The van der Waals surface area contributed by atoms with Crippen molar-refractivity contribution in [1.82, 2.24) is 9.47 Å². The van der Waals surface area contributed by atoms with Crippen molar-refractivity contribution in [1.29, 1.82) is 0 Å². The van der Waals surface area contributed by atoms with Crippen LogP contribution in [0.25, 0.3) is 0 Å². The van der Waals surface area contributed by atoms with Gasteiger partial charge in [0.25, 0.3) is 11.8 Å². The van der Waals surface area contributed by atoms with Crippen LogP contribution in [0.1, 0.15) is 60.6 Å². The van der Waals surface area contributed by atoms with E-state index >= 15 is 0 Å². The monoisotopic (exact) mass is 395 g/mol. The molecule has 2 fully saturated rings. The van der Waals surface area contributed by atoms with Crippen molar-refractivity contribution in [2.75, 3.05) is 18.5 Å². The number of nitrogens with zero attached hydrogens (tertiary/aromatic N) is 2. The first-order valence-electron chi connectivity index (χ1n) is 10.6. The van der Waals surface area contributed by atoms with E-state index in [1.165, 1.54) is 5.69 Å². The Kier molecular flexibility index (Phi) is 6.00. The summed E-state index contributed by atoms with van der Waals surface area (Å²) in [6.07, 6.45) is 7.55. The molecule has 154 valence electrons. The van der Waals surface area contributed by atoms with Gasteiger partial charge in [0, 0.05) is 43.3 Å². The number of nitrogens with one attached hydrogen (secondary N) is 1. The molecule has 2 aliphatic heterocycles. The number of aryl methyl sites for hydroxylation is 1. The van der Waals surface area contributed by atoms with E-state index in [1.54, 1.807) is 6.07 Å². The predicted octanol–water partition coefficient (Wildman–Crippen LogP) is 3.90. The van der Waals surface area contributed by atoms with Gasteiger partial charge in [0.15, 0.2) is 0 Å². The average Bonchev–Trinajstić information content (AvgIpc) is 3.35. The molecular weight excluding hydrogens is 366 g/mol. The highest BCUT2D eigenvalue weighted by atomic mass is 16.5. The SMILES string of the molecule is Cn1cccc1C1CCCCCN1C(=O)c1cccc(NC(=O)C2CCCO2)c1. The molecule has 2 saturated heterocycles. The number of hydrogen-bond acceptors (Lipinski definition) is 3. The number of likely N-dealkylation sites (tertiary alicyclic amines) is 1. The first kappa shape index (κ1) is 19.7. The molecule has 1 N–H and O–H groups in total. The predicted molar refractivity (Wildman–Crippen MR) is 112 cm³/mol. The number of benzene rings is 1. The molecular formula is C23H29N3O3. The van der Waals surface area contributed by atoms with E-state index in [2.05, 4.69) is 16.0 Å². The summed E-state index contributed by atoms with van der Waals surface area (Å²) in [5.74, 6) is -0.116. The van der Waals surface area contributed by atoms with Gasteiger partial charge in [-0.1, -0.05) is 18.9 Å². The second-order valence-corrected chi connectivity index (χ2v) is 7.98. The number of aromatic nitrogens is 1. The molecule has 0 spiro atoms. The third-order valence-corrected chi connectivity index (χ3v) is 5.94. The van der Waals surface area contributed by atoms with Gasteiger partial charge in [-0.3, -0.25) is 9.59 Å². The maximum Gasteiger partial charge on any atom is 0.254 e. The molecule has 29 heavy (non-hydrogen) atoms. The lowest BCUT2D eigenvalue weighted by Crippen LogP contribution is -2.35. The zero-order chi connectivity index (χ0) is 20.2. The van der Waals surface area contributed by atoms with Crippen molar-refractivity contribution in [3.05, 3.63) is 53.9 Å². The molecule has 6 nitrogen and oxygen atoms in total. The number of amides is 2. The molecule has 4 rings (SSSR count). The number of carbonyl (C=O) groups excluding carboxylic acids is 2. The summed E-state index contributed by atoms with van der Waals surface area (Å²) in [6, 6.07) is 11.5. The summed E-state index contributed by atoms with van der Waals surface area (Å²) < 4.78 is 7.56. The number of hydrogen-bond donors (Lipinski definition) is 1. The van der Waals surface area contributed by atoms with E-state index in [-0.39, 0.29) is 24.0 Å². The summed E-state index contributed by atoms with van der Waals surface area (Å²) in [6.45, 7) is 1.38. The molecule has 2 aliphatic rings. The van der Waals surface area contributed by atoms with E-state index in [1.807, 2.05) is 42.4 Å². The number of rotatable bonds is 4. The lowest BCUT2D eigenvalue weighted by atomic mass is 10.0. The average molecular weight is 396 g/mol. The summed E-state index contributed by atoms with van der Waals surface area (Å²) in [5, 5.41) is 2.90. The van der Waals surface area contributed by atoms with E-state index in [9.17, 15) is 9.59 Å². The van der Waals surface area contributed by atoms with Crippen molar-refractivity contribution >= 4 is 17.5 Å².